The second-order valence-corrected chi connectivity index (χ2v) is 10.0. The summed E-state index contributed by atoms with van der Waals surface area (Å²) in [5, 5.41) is 20.1. The summed E-state index contributed by atoms with van der Waals surface area (Å²) in [6, 6.07) is 23.6. The van der Waals surface area contributed by atoms with E-state index in [1.54, 1.807) is 0 Å². The van der Waals surface area contributed by atoms with Gasteiger partial charge in [-0.3, -0.25) is 4.79 Å². The van der Waals surface area contributed by atoms with Crippen molar-refractivity contribution in [3.05, 3.63) is 101 Å². The maximum absolute atomic E-state index is 14.0. The zero-order chi connectivity index (χ0) is 26.5. The van der Waals surface area contributed by atoms with Crippen molar-refractivity contribution in [3.8, 4) is 5.75 Å². The van der Waals surface area contributed by atoms with Crippen molar-refractivity contribution in [1.29, 1.82) is 0 Å². The number of carbonyl (C=O) groups is 2. The molecule has 1 amide bonds. The highest BCUT2D eigenvalue weighted by molar-refractivity contribution is 5.88. The van der Waals surface area contributed by atoms with Gasteiger partial charge in [-0.1, -0.05) is 72.8 Å². The number of carbonyl (C=O) groups excluding carboxylic acids is 1. The monoisotopic (exact) mass is 515 g/mol. The van der Waals surface area contributed by atoms with E-state index in [4.69, 9.17) is 9.47 Å². The maximum Gasteiger partial charge on any atom is 0.326 e. The predicted octanol–water partition coefficient (Wildman–Crippen LogP) is 4.66. The number of hydrogen-bond acceptors (Lipinski definition) is 5. The van der Waals surface area contributed by atoms with Crippen molar-refractivity contribution in [2.45, 2.75) is 69.6 Å². The van der Waals surface area contributed by atoms with Gasteiger partial charge in [-0.2, -0.15) is 0 Å². The molecule has 1 aliphatic heterocycles. The van der Waals surface area contributed by atoms with E-state index < -0.39 is 18.1 Å². The molecule has 38 heavy (non-hydrogen) atoms. The minimum Gasteiger partial charge on any atom is -0.489 e. The molecule has 0 radical (unpaired) electrons. The van der Waals surface area contributed by atoms with Gasteiger partial charge in [0, 0.05) is 18.5 Å². The van der Waals surface area contributed by atoms with E-state index >= 15 is 0 Å². The molecule has 2 atom stereocenters. The Hall–Kier alpha value is -3.68. The molecule has 3 aromatic rings. The molecule has 1 saturated carbocycles. The second-order valence-electron chi connectivity index (χ2n) is 10.0. The molecule has 7 nitrogen and oxygen atoms in total. The summed E-state index contributed by atoms with van der Waals surface area (Å²) in [7, 11) is 0. The smallest absolute Gasteiger partial charge is 0.326 e. The number of carboxylic acid groups (broad SMARTS) is 1. The lowest BCUT2D eigenvalue weighted by atomic mass is 9.91. The van der Waals surface area contributed by atoms with Gasteiger partial charge in [0.25, 0.3) is 5.91 Å². The first-order chi connectivity index (χ1) is 18.5. The number of rotatable bonds is 8. The van der Waals surface area contributed by atoms with E-state index in [9.17, 15) is 19.8 Å². The van der Waals surface area contributed by atoms with Crippen LogP contribution in [0.2, 0.25) is 0 Å². The molecular formula is C31H33NO6. The van der Waals surface area contributed by atoms with Crippen LogP contribution in [0, 0.1) is 0 Å². The largest absolute Gasteiger partial charge is 0.489 e. The molecule has 7 heteroatoms. The Morgan fingerprint density at radius 2 is 1.58 bits per heavy atom. The van der Waals surface area contributed by atoms with Crippen LogP contribution in [0.1, 0.15) is 54.0 Å². The average Bonchev–Trinajstić information content (AvgIpc) is 2.95. The molecule has 1 fully saturated rings. The molecular weight excluding hydrogens is 482 g/mol. The van der Waals surface area contributed by atoms with Crippen molar-refractivity contribution in [3.63, 3.8) is 0 Å². The van der Waals surface area contributed by atoms with Gasteiger partial charge in [0.2, 0.25) is 0 Å². The SMILES string of the molecule is O=C(O)[C@@H]1Cc2c(cccc2OCc2ccccc2)CN1C(=O)[C@H](O[C@H]1CC[C@@H](O)CC1)c1ccccc1. The Morgan fingerprint density at radius 1 is 0.895 bits per heavy atom. The molecule has 0 aromatic heterocycles. The second kappa shape index (κ2) is 11.8. The van der Waals surface area contributed by atoms with Gasteiger partial charge in [0.05, 0.1) is 12.2 Å². The molecule has 5 rings (SSSR count). The summed E-state index contributed by atoms with van der Waals surface area (Å²) in [4.78, 5) is 27.9. The van der Waals surface area contributed by atoms with Crippen molar-refractivity contribution in [2.24, 2.45) is 0 Å². The number of aliphatic hydroxyl groups is 1. The Kier molecular flexibility index (Phi) is 8.05. The van der Waals surface area contributed by atoms with Crippen LogP contribution < -0.4 is 4.74 Å². The van der Waals surface area contributed by atoms with Gasteiger partial charge in [-0.25, -0.2) is 4.79 Å². The Labute approximate surface area is 222 Å². The molecule has 0 unspecified atom stereocenters. The van der Waals surface area contributed by atoms with Gasteiger partial charge >= 0.3 is 5.97 Å². The summed E-state index contributed by atoms with van der Waals surface area (Å²) < 4.78 is 12.4. The van der Waals surface area contributed by atoms with E-state index in [1.807, 2.05) is 78.9 Å². The minimum atomic E-state index is -1.06. The van der Waals surface area contributed by atoms with E-state index in [1.165, 1.54) is 4.90 Å². The number of fused-ring (bicyclic) bond motifs is 1. The summed E-state index contributed by atoms with van der Waals surface area (Å²) >= 11 is 0. The summed E-state index contributed by atoms with van der Waals surface area (Å²) in [6.45, 7) is 0.529. The fraction of sp³-hybridized carbons (Fsp3) is 0.355. The van der Waals surface area contributed by atoms with E-state index in [0.29, 0.717) is 43.6 Å². The number of ether oxygens (including phenoxy) is 2. The van der Waals surface area contributed by atoms with Crippen LogP contribution in [0.25, 0.3) is 0 Å². The molecule has 1 heterocycles. The first-order valence-electron chi connectivity index (χ1n) is 13.2. The Bertz CT molecular complexity index is 1240. The first kappa shape index (κ1) is 25.9. The molecule has 1 aliphatic carbocycles. The number of aliphatic hydroxyl groups excluding tert-OH is 1. The maximum atomic E-state index is 14.0. The highest BCUT2D eigenvalue weighted by Crippen LogP contribution is 2.35. The number of benzene rings is 3. The minimum absolute atomic E-state index is 0.151. The molecule has 0 spiro atoms. The number of amides is 1. The molecule has 0 saturated heterocycles. The van der Waals surface area contributed by atoms with Crippen LogP contribution in [-0.4, -0.2) is 45.2 Å². The number of nitrogens with zero attached hydrogens (tertiary/aromatic N) is 1. The predicted molar refractivity (Wildman–Crippen MR) is 141 cm³/mol. The molecule has 3 aromatic carbocycles. The Morgan fingerprint density at radius 3 is 2.26 bits per heavy atom. The summed E-state index contributed by atoms with van der Waals surface area (Å²) in [5.41, 5.74) is 3.40. The van der Waals surface area contributed by atoms with Crippen LogP contribution in [0.15, 0.2) is 78.9 Å². The van der Waals surface area contributed by atoms with Gasteiger partial charge in [-0.05, 0) is 48.4 Å². The summed E-state index contributed by atoms with van der Waals surface area (Å²) in [6.07, 6.45) is 1.29. The van der Waals surface area contributed by atoms with Crippen LogP contribution >= 0.6 is 0 Å². The fourth-order valence-corrected chi connectivity index (χ4v) is 5.34. The highest BCUT2D eigenvalue weighted by Gasteiger charge is 2.40. The van der Waals surface area contributed by atoms with Crippen LogP contribution in [-0.2, 0) is 33.9 Å². The number of carboxylic acids is 1. The lowest BCUT2D eigenvalue weighted by Crippen LogP contribution is -2.51. The third kappa shape index (κ3) is 5.90. The van der Waals surface area contributed by atoms with Gasteiger partial charge in [0.1, 0.15) is 18.4 Å². The zero-order valence-electron chi connectivity index (χ0n) is 21.2. The van der Waals surface area contributed by atoms with Gasteiger partial charge < -0.3 is 24.6 Å². The van der Waals surface area contributed by atoms with E-state index in [-0.39, 0.29) is 31.1 Å². The lowest BCUT2D eigenvalue weighted by Gasteiger charge is -2.38. The van der Waals surface area contributed by atoms with Gasteiger partial charge in [-0.15, -0.1) is 0 Å². The Balaban J connectivity index is 1.40. The first-order valence-corrected chi connectivity index (χ1v) is 13.2. The zero-order valence-corrected chi connectivity index (χ0v) is 21.2. The average molecular weight is 516 g/mol. The quantitative estimate of drug-likeness (QED) is 0.453. The van der Waals surface area contributed by atoms with Crippen LogP contribution in [0.4, 0.5) is 0 Å². The standard InChI is InChI=1S/C31H33NO6/c33-24-14-16-25(17-15-24)38-29(22-10-5-2-6-11-22)30(34)32-19-23-12-7-13-28(26(23)18-27(32)31(35)36)37-20-21-8-3-1-4-9-21/h1-13,24-25,27,29,33H,14-20H2,(H,35,36)/t24-,25+,27-,29+/m0/s1. The number of aliphatic carboxylic acids is 1. The van der Waals surface area contributed by atoms with E-state index in [0.717, 1.165) is 16.7 Å². The van der Waals surface area contributed by atoms with Crippen LogP contribution in [0.5, 0.6) is 5.75 Å². The van der Waals surface area contributed by atoms with E-state index in [2.05, 4.69) is 0 Å². The van der Waals surface area contributed by atoms with Crippen molar-refractivity contribution < 1.29 is 29.3 Å². The number of hydrogen-bond donors (Lipinski definition) is 2. The van der Waals surface area contributed by atoms with Crippen molar-refractivity contribution in [1.82, 2.24) is 4.90 Å². The third-order valence-electron chi connectivity index (χ3n) is 7.45. The molecule has 198 valence electrons. The topological polar surface area (TPSA) is 96.3 Å². The normalized spacial score (nSPS) is 21.8. The van der Waals surface area contributed by atoms with Crippen molar-refractivity contribution in [2.75, 3.05) is 0 Å². The summed E-state index contributed by atoms with van der Waals surface area (Å²) in [5.74, 6) is -0.785. The van der Waals surface area contributed by atoms with Crippen molar-refractivity contribution >= 4 is 11.9 Å². The van der Waals surface area contributed by atoms with Gasteiger partial charge in [0.15, 0.2) is 6.10 Å². The molecule has 0 bridgehead atoms. The fourth-order valence-electron chi connectivity index (χ4n) is 5.34. The third-order valence-corrected chi connectivity index (χ3v) is 7.45. The van der Waals surface area contributed by atoms with Crippen LogP contribution in [0.3, 0.4) is 0 Å². The lowest BCUT2D eigenvalue weighted by molar-refractivity contribution is -0.161. The highest BCUT2D eigenvalue weighted by atomic mass is 16.5. The molecule has 2 N–H and O–H groups in total. The molecule has 2 aliphatic rings.